The van der Waals surface area contributed by atoms with Crippen LogP contribution in [0.1, 0.15) is 17.8 Å². The highest BCUT2D eigenvalue weighted by Gasteiger charge is 2.11. The smallest absolute Gasteiger partial charge is 0.203 e. The maximum atomic E-state index is 5.93. The molecule has 0 saturated carbocycles. The molecule has 5 nitrogen and oxygen atoms in total. The van der Waals surface area contributed by atoms with Crippen LogP contribution in [0.4, 0.5) is 5.82 Å². The van der Waals surface area contributed by atoms with Gasteiger partial charge in [0.2, 0.25) is 5.65 Å². The molecule has 1 atom stereocenters. The Bertz CT molecular complexity index is 677. The first-order valence-corrected chi connectivity index (χ1v) is 6.59. The molecular weight excluding hydrogens is 270 g/mol. The van der Waals surface area contributed by atoms with Gasteiger partial charge in [0.15, 0.2) is 5.82 Å². The van der Waals surface area contributed by atoms with E-state index in [1.165, 1.54) is 0 Å². The molecule has 0 fully saturated rings. The largest absolute Gasteiger partial charge is 0.360 e. The van der Waals surface area contributed by atoms with E-state index in [9.17, 15) is 0 Å². The van der Waals surface area contributed by atoms with Gasteiger partial charge < -0.3 is 5.32 Å². The number of rotatable bonds is 3. The first kappa shape index (κ1) is 11.4. The predicted octanol–water partition coefficient (Wildman–Crippen LogP) is 3.01. The number of halogens is 1. The second kappa shape index (κ2) is 4.55. The van der Waals surface area contributed by atoms with Crippen molar-refractivity contribution in [3.8, 4) is 0 Å². The maximum absolute atomic E-state index is 5.93. The van der Waals surface area contributed by atoms with Crippen molar-refractivity contribution in [2.24, 2.45) is 0 Å². The molecule has 18 heavy (non-hydrogen) atoms. The van der Waals surface area contributed by atoms with Crippen LogP contribution < -0.4 is 5.32 Å². The summed E-state index contributed by atoms with van der Waals surface area (Å²) in [7, 11) is 0. The van der Waals surface area contributed by atoms with Gasteiger partial charge in [0.1, 0.15) is 6.33 Å². The van der Waals surface area contributed by atoms with Gasteiger partial charge in [-0.1, -0.05) is 11.6 Å². The predicted molar refractivity (Wildman–Crippen MR) is 72.1 cm³/mol. The molecule has 1 unspecified atom stereocenters. The van der Waals surface area contributed by atoms with Crippen LogP contribution in [0, 0.1) is 0 Å². The van der Waals surface area contributed by atoms with Crippen molar-refractivity contribution in [2.75, 3.05) is 5.32 Å². The van der Waals surface area contributed by atoms with Gasteiger partial charge in [0, 0.05) is 17.3 Å². The zero-order chi connectivity index (χ0) is 12.5. The summed E-state index contributed by atoms with van der Waals surface area (Å²) < 4.78 is 2.61. The standard InChI is InChI=1S/C11H10ClN5S/c1-7(8-2-3-9(12)18-8)15-10-11-16-14-6-17(11)5-4-13-10/h2-7H,1H3,(H,13,15). The molecule has 0 radical (unpaired) electrons. The summed E-state index contributed by atoms with van der Waals surface area (Å²) in [6.45, 7) is 2.06. The third-order valence-corrected chi connectivity index (χ3v) is 4.00. The molecule has 0 spiro atoms. The van der Waals surface area contributed by atoms with Crippen LogP contribution in [-0.2, 0) is 0 Å². The fourth-order valence-corrected chi connectivity index (χ4v) is 2.76. The van der Waals surface area contributed by atoms with E-state index in [1.54, 1.807) is 23.9 Å². The fourth-order valence-electron chi connectivity index (χ4n) is 1.70. The summed E-state index contributed by atoms with van der Waals surface area (Å²) in [4.78, 5) is 5.44. The molecule has 3 aromatic heterocycles. The van der Waals surface area contributed by atoms with Crippen molar-refractivity contribution >= 4 is 34.4 Å². The van der Waals surface area contributed by atoms with Crippen molar-refractivity contribution in [2.45, 2.75) is 13.0 Å². The highest BCUT2D eigenvalue weighted by Crippen LogP contribution is 2.29. The highest BCUT2D eigenvalue weighted by molar-refractivity contribution is 7.16. The molecule has 0 amide bonds. The van der Waals surface area contributed by atoms with Gasteiger partial charge in [0.25, 0.3) is 0 Å². The number of hydrogen-bond acceptors (Lipinski definition) is 5. The lowest BCUT2D eigenvalue weighted by atomic mass is 10.3. The first-order valence-electron chi connectivity index (χ1n) is 5.40. The third-order valence-electron chi connectivity index (χ3n) is 2.59. The van der Waals surface area contributed by atoms with Gasteiger partial charge in [-0.25, -0.2) is 4.98 Å². The maximum Gasteiger partial charge on any atom is 0.203 e. The minimum Gasteiger partial charge on any atom is -0.360 e. The van der Waals surface area contributed by atoms with Gasteiger partial charge in [-0.05, 0) is 19.1 Å². The van der Waals surface area contributed by atoms with E-state index in [4.69, 9.17) is 11.6 Å². The van der Waals surface area contributed by atoms with Gasteiger partial charge in [-0.2, -0.15) is 0 Å². The molecule has 1 N–H and O–H groups in total. The number of hydrogen-bond donors (Lipinski definition) is 1. The molecule has 7 heteroatoms. The molecule has 0 saturated heterocycles. The van der Waals surface area contributed by atoms with E-state index >= 15 is 0 Å². The number of nitrogens with zero attached hydrogens (tertiary/aromatic N) is 4. The van der Waals surface area contributed by atoms with Crippen molar-refractivity contribution in [3.63, 3.8) is 0 Å². The van der Waals surface area contributed by atoms with E-state index in [0.717, 1.165) is 9.21 Å². The Labute approximate surface area is 112 Å². The number of aromatic nitrogens is 4. The zero-order valence-electron chi connectivity index (χ0n) is 9.54. The average molecular weight is 280 g/mol. The minimum absolute atomic E-state index is 0.123. The molecule has 3 aromatic rings. The molecule has 3 heterocycles. The monoisotopic (exact) mass is 279 g/mol. The topological polar surface area (TPSA) is 55.1 Å². The number of anilines is 1. The third kappa shape index (κ3) is 2.04. The molecule has 92 valence electrons. The molecule has 0 aliphatic heterocycles. The number of nitrogens with one attached hydrogen (secondary N) is 1. The number of thiophene rings is 1. The summed E-state index contributed by atoms with van der Waals surface area (Å²) in [6, 6.07) is 4.03. The molecule has 0 aromatic carbocycles. The molecular formula is C11H10ClN5S. The van der Waals surface area contributed by atoms with Crippen LogP contribution in [0.5, 0.6) is 0 Å². The average Bonchev–Trinajstić information content (AvgIpc) is 2.97. The molecule has 3 rings (SSSR count). The van der Waals surface area contributed by atoms with Gasteiger partial charge in [-0.15, -0.1) is 21.5 Å². The van der Waals surface area contributed by atoms with Gasteiger partial charge in [0.05, 0.1) is 10.4 Å². The van der Waals surface area contributed by atoms with Crippen LogP contribution in [0.3, 0.4) is 0 Å². The minimum atomic E-state index is 0.123. The summed E-state index contributed by atoms with van der Waals surface area (Å²) in [6.07, 6.45) is 5.18. The lowest BCUT2D eigenvalue weighted by Gasteiger charge is -2.12. The molecule has 0 bridgehead atoms. The van der Waals surface area contributed by atoms with E-state index in [-0.39, 0.29) is 6.04 Å². The summed E-state index contributed by atoms with van der Waals surface area (Å²) in [5, 5.41) is 11.2. The van der Waals surface area contributed by atoms with Crippen molar-refractivity contribution in [3.05, 3.63) is 40.1 Å². The second-order valence-electron chi connectivity index (χ2n) is 3.85. The Kier molecular flexibility index (Phi) is 2.89. The lowest BCUT2D eigenvalue weighted by Crippen LogP contribution is -2.07. The summed E-state index contributed by atoms with van der Waals surface area (Å²) in [5.74, 6) is 0.715. The Morgan fingerprint density at radius 1 is 1.44 bits per heavy atom. The highest BCUT2D eigenvalue weighted by atomic mass is 35.5. The van der Waals surface area contributed by atoms with E-state index in [1.807, 2.05) is 22.7 Å². The SMILES string of the molecule is CC(Nc1nccn2cnnc12)c1ccc(Cl)s1. The summed E-state index contributed by atoms with van der Waals surface area (Å²) in [5.41, 5.74) is 0.715. The zero-order valence-corrected chi connectivity index (χ0v) is 11.1. The van der Waals surface area contributed by atoms with Crippen molar-refractivity contribution < 1.29 is 0 Å². The van der Waals surface area contributed by atoms with Crippen LogP contribution in [-0.4, -0.2) is 19.6 Å². The van der Waals surface area contributed by atoms with E-state index < -0.39 is 0 Å². The molecule has 0 aliphatic carbocycles. The van der Waals surface area contributed by atoms with Crippen molar-refractivity contribution in [1.82, 2.24) is 19.6 Å². The van der Waals surface area contributed by atoms with Crippen LogP contribution in [0.25, 0.3) is 5.65 Å². The Morgan fingerprint density at radius 2 is 2.33 bits per heavy atom. The second-order valence-corrected chi connectivity index (χ2v) is 5.59. The van der Waals surface area contributed by atoms with E-state index in [0.29, 0.717) is 11.5 Å². The summed E-state index contributed by atoms with van der Waals surface area (Å²) >= 11 is 7.49. The quantitative estimate of drug-likeness (QED) is 0.801. The van der Waals surface area contributed by atoms with Crippen LogP contribution in [0.15, 0.2) is 30.9 Å². The number of fused-ring (bicyclic) bond motifs is 1. The Hall–Kier alpha value is -1.66. The lowest BCUT2D eigenvalue weighted by molar-refractivity contribution is 0.893. The van der Waals surface area contributed by atoms with Gasteiger partial charge >= 0.3 is 0 Å². The Morgan fingerprint density at radius 3 is 3.11 bits per heavy atom. The molecule has 0 aliphatic rings. The van der Waals surface area contributed by atoms with Crippen LogP contribution in [0.2, 0.25) is 4.34 Å². The van der Waals surface area contributed by atoms with Crippen LogP contribution >= 0.6 is 22.9 Å². The van der Waals surface area contributed by atoms with E-state index in [2.05, 4.69) is 27.4 Å². The van der Waals surface area contributed by atoms with Crippen molar-refractivity contribution in [1.29, 1.82) is 0 Å². The Balaban J connectivity index is 1.90. The normalized spacial score (nSPS) is 12.8. The first-order chi connectivity index (χ1) is 8.74. The fraction of sp³-hybridized carbons (Fsp3) is 0.182. The van der Waals surface area contributed by atoms with Gasteiger partial charge in [-0.3, -0.25) is 4.40 Å².